The lowest BCUT2D eigenvalue weighted by Gasteiger charge is -2.03. The molecular formula is C13H12F2O. The van der Waals surface area contributed by atoms with Gasteiger partial charge in [-0.15, -0.1) is 0 Å². The van der Waals surface area contributed by atoms with Crippen molar-refractivity contribution in [1.82, 2.24) is 0 Å². The molecule has 0 bridgehead atoms. The van der Waals surface area contributed by atoms with Crippen molar-refractivity contribution in [3.63, 3.8) is 0 Å². The quantitative estimate of drug-likeness (QED) is 0.767. The van der Waals surface area contributed by atoms with E-state index in [9.17, 15) is 13.6 Å². The second-order valence-electron chi connectivity index (χ2n) is 3.96. The summed E-state index contributed by atoms with van der Waals surface area (Å²) in [6, 6.07) is 3.32. The lowest BCUT2D eigenvalue weighted by Crippen LogP contribution is -2.06. The molecule has 0 saturated heterocycles. The molecule has 16 heavy (non-hydrogen) atoms. The molecule has 0 saturated carbocycles. The molecule has 0 N–H and O–H groups in total. The fourth-order valence-electron chi connectivity index (χ4n) is 1.88. The topological polar surface area (TPSA) is 17.1 Å². The first-order valence-corrected chi connectivity index (χ1v) is 5.33. The van der Waals surface area contributed by atoms with Crippen LogP contribution in [0.4, 0.5) is 8.78 Å². The Balaban J connectivity index is 2.11. The van der Waals surface area contributed by atoms with Gasteiger partial charge in [-0.3, -0.25) is 4.79 Å². The zero-order chi connectivity index (χ0) is 11.5. The lowest BCUT2D eigenvalue weighted by molar-refractivity contribution is -0.115. The van der Waals surface area contributed by atoms with Gasteiger partial charge in [0.15, 0.2) is 5.78 Å². The highest BCUT2D eigenvalue weighted by atomic mass is 19.1. The van der Waals surface area contributed by atoms with Gasteiger partial charge in [0, 0.05) is 12.5 Å². The van der Waals surface area contributed by atoms with E-state index in [0.717, 1.165) is 30.9 Å². The number of ketones is 1. The van der Waals surface area contributed by atoms with Gasteiger partial charge in [-0.05, 0) is 36.5 Å². The SMILES string of the molecule is O=C(Cc1ccc(F)cc1F)C1=CCCC1. The van der Waals surface area contributed by atoms with Gasteiger partial charge in [0.05, 0.1) is 0 Å². The third-order valence-electron chi connectivity index (χ3n) is 2.77. The van der Waals surface area contributed by atoms with Gasteiger partial charge >= 0.3 is 0 Å². The van der Waals surface area contributed by atoms with Gasteiger partial charge < -0.3 is 0 Å². The zero-order valence-electron chi connectivity index (χ0n) is 8.80. The molecule has 1 aliphatic carbocycles. The molecule has 0 radical (unpaired) electrons. The second-order valence-corrected chi connectivity index (χ2v) is 3.96. The number of carbonyl (C=O) groups excluding carboxylic acids is 1. The number of benzene rings is 1. The summed E-state index contributed by atoms with van der Waals surface area (Å²) in [5, 5.41) is 0. The largest absolute Gasteiger partial charge is 0.294 e. The summed E-state index contributed by atoms with van der Waals surface area (Å²) in [4.78, 5) is 11.7. The van der Waals surface area contributed by atoms with E-state index in [1.807, 2.05) is 6.08 Å². The van der Waals surface area contributed by atoms with Gasteiger partial charge in [-0.1, -0.05) is 12.1 Å². The van der Waals surface area contributed by atoms with Crippen molar-refractivity contribution < 1.29 is 13.6 Å². The first-order valence-electron chi connectivity index (χ1n) is 5.33. The molecule has 1 nitrogen and oxygen atoms in total. The summed E-state index contributed by atoms with van der Waals surface area (Å²) >= 11 is 0. The molecule has 1 aromatic rings. The van der Waals surface area contributed by atoms with Crippen LogP contribution >= 0.6 is 0 Å². The maximum atomic E-state index is 13.3. The predicted molar refractivity (Wildman–Crippen MR) is 57.0 cm³/mol. The van der Waals surface area contributed by atoms with Crippen LogP contribution in [-0.4, -0.2) is 5.78 Å². The van der Waals surface area contributed by atoms with E-state index in [-0.39, 0.29) is 17.8 Å². The van der Waals surface area contributed by atoms with Crippen molar-refractivity contribution in [3.8, 4) is 0 Å². The smallest absolute Gasteiger partial charge is 0.163 e. The van der Waals surface area contributed by atoms with Crippen LogP contribution in [0.1, 0.15) is 24.8 Å². The number of halogens is 2. The summed E-state index contributed by atoms with van der Waals surface area (Å²) in [7, 11) is 0. The molecule has 84 valence electrons. The van der Waals surface area contributed by atoms with Crippen LogP contribution in [-0.2, 0) is 11.2 Å². The molecule has 0 aromatic heterocycles. The van der Waals surface area contributed by atoms with E-state index in [4.69, 9.17) is 0 Å². The molecule has 0 spiro atoms. The molecule has 0 atom stereocenters. The van der Waals surface area contributed by atoms with E-state index in [1.165, 1.54) is 12.1 Å². The number of hydrogen-bond donors (Lipinski definition) is 0. The summed E-state index contributed by atoms with van der Waals surface area (Å²) in [6.45, 7) is 0. The molecule has 2 rings (SSSR count). The van der Waals surface area contributed by atoms with Crippen molar-refractivity contribution in [2.75, 3.05) is 0 Å². The Kier molecular flexibility index (Phi) is 3.13. The average Bonchev–Trinajstić information content (AvgIpc) is 2.75. The van der Waals surface area contributed by atoms with Crippen molar-refractivity contribution in [2.45, 2.75) is 25.7 Å². The average molecular weight is 222 g/mol. The number of rotatable bonds is 3. The third-order valence-corrected chi connectivity index (χ3v) is 2.77. The lowest BCUT2D eigenvalue weighted by atomic mass is 10.0. The highest BCUT2D eigenvalue weighted by Gasteiger charge is 2.15. The highest BCUT2D eigenvalue weighted by molar-refractivity contribution is 5.97. The van der Waals surface area contributed by atoms with Crippen LogP contribution in [0.25, 0.3) is 0 Å². The molecule has 0 amide bonds. The predicted octanol–water partition coefficient (Wildman–Crippen LogP) is 3.19. The van der Waals surface area contributed by atoms with Crippen molar-refractivity contribution in [3.05, 3.63) is 47.0 Å². The Labute approximate surface area is 92.8 Å². The molecular weight excluding hydrogens is 210 g/mol. The molecule has 0 fully saturated rings. The zero-order valence-corrected chi connectivity index (χ0v) is 8.80. The van der Waals surface area contributed by atoms with Gasteiger partial charge in [0.2, 0.25) is 0 Å². The molecule has 0 aliphatic heterocycles. The van der Waals surface area contributed by atoms with E-state index in [0.29, 0.717) is 0 Å². The Morgan fingerprint density at radius 1 is 1.31 bits per heavy atom. The maximum absolute atomic E-state index is 13.3. The second kappa shape index (κ2) is 4.56. The van der Waals surface area contributed by atoms with Crippen LogP contribution < -0.4 is 0 Å². The van der Waals surface area contributed by atoms with E-state index < -0.39 is 11.6 Å². The minimum absolute atomic E-state index is 0.0257. The highest BCUT2D eigenvalue weighted by Crippen LogP contribution is 2.20. The Bertz CT molecular complexity index is 449. The summed E-state index contributed by atoms with van der Waals surface area (Å²) in [6.07, 6.45) is 4.63. The fourth-order valence-corrected chi connectivity index (χ4v) is 1.88. The summed E-state index contributed by atoms with van der Waals surface area (Å²) in [5.41, 5.74) is 1.04. The normalized spacial score (nSPS) is 15.0. The van der Waals surface area contributed by atoms with Crippen LogP contribution in [0.3, 0.4) is 0 Å². The molecule has 3 heteroatoms. The van der Waals surface area contributed by atoms with Gasteiger partial charge in [-0.2, -0.15) is 0 Å². The Morgan fingerprint density at radius 3 is 2.75 bits per heavy atom. The fraction of sp³-hybridized carbons (Fsp3) is 0.308. The van der Waals surface area contributed by atoms with Gasteiger partial charge in [-0.25, -0.2) is 8.78 Å². The third kappa shape index (κ3) is 2.35. The molecule has 0 heterocycles. The van der Waals surface area contributed by atoms with E-state index in [1.54, 1.807) is 0 Å². The summed E-state index contributed by atoms with van der Waals surface area (Å²) in [5.74, 6) is -1.32. The van der Waals surface area contributed by atoms with Crippen molar-refractivity contribution >= 4 is 5.78 Å². The van der Waals surface area contributed by atoms with Crippen LogP contribution in [0, 0.1) is 11.6 Å². The minimum Gasteiger partial charge on any atom is -0.294 e. The number of Topliss-reactive ketones (excluding diaryl/α,β-unsaturated/α-hetero) is 1. The number of hydrogen-bond acceptors (Lipinski definition) is 1. The minimum atomic E-state index is -0.646. The Morgan fingerprint density at radius 2 is 2.12 bits per heavy atom. The first kappa shape index (κ1) is 11.0. The van der Waals surface area contributed by atoms with E-state index in [2.05, 4.69) is 0 Å². The van der Waals surface area contributed by atoms with Crippen LogP contribution in [0.2, 0.25) is 0 Å². The Hall–Kier alpha value is -1.51. The summed E-state index contributed by atoms with van der Waals surface area (Å²) < 4.78 is 25.9. The van der Waals surface area contributed by atoms with Crippen molar-refractivity contribution in [2.24, 2.45) is 0 Å². The van der Waals surface area contributed by atoms with Gasteiger partial charge in [0.1, 0.15) is 11.6 Å². The number of carbonyl (C=O) groups is 1. The maximum Gasteiger partial charge on any atom is 0.163 e. The number of allylic oxidation sites excluding steroid dienone is 2. The van der Waals surface area contributed by atoms with Crippen LogP contribution in [0.15, 0.2) is 29.8 Å². The first-order chi connectivity index (χ1) is 7.66. The standard InChI is InChI=1S/C13H12F2O/c14-11-6-5-10(12(15)8-11)7-13(16)9-3-1-2-4-9/h3,5-6,8H,1-2,4,7H2. The van der Waals surface area contributed by atoms with Gasteiger partial charge in [0.25, 0.3) is 0 Å². The molecule has 0 unspecified atom stereocenters. The molecule has 1 aliphatic rings. The van der Waals surface area contributed by atoms with Crippen molar-refractivity contribution in [1.29, 1.82) is 0 Å². The monoisotopic (exact) mass is 222 g/mol. The molecule has 1 aromatic carbocycles. The van der Waals surface area contributed by atoms with Crippen LogP contribution in [0.5, 0.6) is 0 Å². The van der Waals surface area contributed by atoms with E-state index >= 15 is 0 Å².